The molecule has 1 N–H and O–H groups in total. The number of ether oxygens (including phenoxy) is 4. The molecule has 1 spiro atoms. The summed E-state index contributed by atoms with van der Waals surface area (Å²) in [6.07, 6.45) is 13.9. The summed E-state index contributed by atoms with van der Waals surface area (Å²) in [6, 6.07) is -0.228. The first-order valence-corrected chi connectivity index (χ1v) is 13.7. The maximum absolute atomic E-state index is 12.2. The summed E-state index contributed by atoms with van der Waals surface area (Å²) in [5.41, 5.74) is 1.61. The van der Waals surface area contributed by atoms with Crippen molar-refractivity contribution in [2.75, 3.05) is 26.3 Å². The molecule has 2 heterocycles. The maximum Gasteiger partial charge on any atom is 0.410 e. The molecule has 2 atom stereocenters. The standard InChI is InChI=1S/C29H46N2O6/c1-7-31(8-2)27(33)36-22(4)11-13-25(32)30-23-18-34-26(35-19-23)14-10-21(3)9-12-24-17-29(15-16-29)20-28(5,6)37-24/h9-13,22-24,26H,7-8,14-20H2,1-6H3,(H,30,32)/b12-9+,13-11-,21-10+/t22-,23?,24+,26?/m0/s1. The molecule has 8 nitrogen and oxygen atoms in total. The highest BCUT2D eigenvalue weighted by Gasteiger charge is 2.51. The zero-order chi connectivity index (χ0) is 27.1. The average molecular weight is 519 g/mol. The largest absolute Gasteiger partial charge is 0.442 e. The van der Waals surface area contributed by atoms with Crippen LogP contribution in [0, 0.1) is 5.41 Å². The number of nitrogens with zero attached hydrogens (tertiary/aromatic N) is 1. The Morgan fingerprint density at radius 1 is 1.14 bits per heavy atom. The summed E-state index contributed by atoms with van der Waals surface area (Å²) in [4.78, 5) is 25.8. The molecule has 1 aliphatic carbocycles. The zero-order valence-corrected chi connectivity index (χ0v) is 23.5. The van der Waals surface area contributed by atoms with E-state index in [2.05, 4.69) is 44.3 Å². The highest BCUT2D eigenvalue weighted by molar-refractivity contribution is 5.87. The Bertz CT molecular complexity index is 858. The Hall–Kier alpha value is -2.16. The first kappa shape index (κ1) is 29.4. The molecule has 0 aromatic carbocycles. The summed E-state index contributed by atoms with van der Waals surface area (Å²) in [5, 5.41) is 2.87. The molecule has 208 valence electrons. The van der Waals surface area contributed by atoms with Crippen molar-refractivity contribution >= 4 is 12.0 Å². The van der Waals surface area contributed by atoms with Crippen LogP contribution in [0.5, 0.6) is 0 Å². The van der Waals surface area contributed by atoms with Gasteiger partial charge in [-0.1, -0.05) is 23.8 Å². The normalized spacial score (nSPS) is 27.8. The van der Waals surface area contributed by atoms with Gasteiger partial charge in [0.2, 0.25) is 5.91 Å². The van der Waals surface area contributed by atoms with E-state index in [4.69, 9.17) is 18.9 Å². The van der Waals surface area contributed by atoms with Crippen molar-refractivity contribution in [2.45, 2.75) is 104 Å². The number of hydrogen-bond acceptors (Lipinski definition) is 6. The van der Waals surface area contributed by atoms with Crippen molar-refractivity contribution in [3.8, 4) is 0 Å². The van der Waals surface area contributed by atoms with Gasteiger partial charge in [0.05, 0.1) is 31.0 Å². The average Bonchev–Trinajstić information content (AvgIpc) is 3.58. The van der Waals surface area contributed by atoms with Crippen LogP contribution in [-0.4, -0.2) is 73.3 Å². The Morgan fingerprint density at radius 3 is 2.43 bits per heavy atom. The van der Waals surface area contributed by atoms with Crippen LogP contribution in [0.3, 0.4) is 0 Å². The third kappa shape index (κ3) is 9.58. The third-order valence-corrected chi connectivity index (χ3v) is 7.21. The Kier molecular flexibility index (Phi) is 10.4. The molecule has 0 aromatic heterocycles. The Labute approximate surface area is 222 Å². The van der Waals surface area contributed by atoms with Crippen molar-refractivity contribution in [3.63, 3.8) is 0 Å². The number of carbonyl (C=O) groups excluding carboxylic acids is 2. The topological polar surface area (TPSA) is 86.3 Å². The Morgan fingerprint density at radius 2 is 1.81 bits per heavy atom. The van der Waals surface area contributed by atoms with Crippen LogP contribution in [0.4, 0.5) is 4.79 Å². The van der Waals surface area contributed by atoms with Crippen LogP contribution in [0.25, 0.3) is 0 Å². The van der Waals surface area contributed by atoms with E-state index in [1.54, 1.807) is 17.9 Å². The van der Waals surface area contributed by atoms with Gasteiger partial charge in [0.15, 0.2) is 6.29 Å². The number of allylic oxidation sites excluding steroid dienone is 2. The molecule has 2 amide bonds. The van der Waals surface area contributed by atoms with Crippen LogP contribution in [0.2, 0.25) is 0 Å². The monoisotopic (exact) mass is 518 g/mol. The van der Waals surface area contributed by atoms with E-state index < -0.39 is 6.10 Å². The predicted octanol–water partition coefficient (Wildman–Crippen LogP) is 4.90. The van der Waals surface area contributed by atoms with Crippen molar-refractivity contribution in [3.05, 3.63) is 36.0 Å². The van der Waals surface area contributed by atoms with Gasteiger partial charge < -0.3 is 29.2 Å². The molecule has 0 unspecified atom stereocenters. The van der Waals surface area contributed by atoms with Crippen LogP contribution in [-0.2, 0) is 23.7 Å². The summed E-state index contributed by atoms with van der Waals surface area (Å²) >= 11 is 0. The second kappa shape index (κ2) is 13.1. The molecule has 0 radical (unpaired) electrons. The van der Waals surface area contributed by atoms with Crippen LogP contribution < -0.4 is 5.32 Å². The van der Waals surface area contributed by atoms with E-state index >= 15 is 0 Å². The van der Waals surface area contributed by atoms with Crippen LogP contribution in [0.15, 0.2) is 36.0 Å². The molecule has 0 bridgehead atoms. The molecule has 1 saturated carbocycles. The highest BCUT2D eigenvalue weighted by atomic mass is 16.7. The van der Waals surface area contributed by atoms with Crippen molar-refractivity contribution in [2.24, 2.45) is 5.41 Å². The summed E-state index contributed by atoms with van der Waals surface area (Å²) < 4.78 is 23.2. The van der Waals surface area contributed by atoms with Gasteiger partial charge in [-0.25, -0.2) is 4.79 Å². The van der Waals surface area contributed by atoms with Crippen LogP contribution in [0.1, 0.15) is 73.6 Å². The van der Waals surface area contributed by atoms with E-state index in [1.165, 1.54) is 25.3 Å². The first-order chi connectivity index (χ1) is 17.5. The Balaban J connectivity index is 1.34. The number of nitrogens with one attached hydrogen (secondary N) is 1. The van der Waals surface area contributed by atoms with Gasteiger partial charge in [0.1, 0.15) is 6.10 Å². The fraction of sp³-hybridized carbons (Fsp3) is 0.724. The molecule has 3 rings (SSSR count). The van der Waals surface area contributed by atoms with Crippen molar-refractivity contribution < 1.29 is 28.5 Å². The number of amides is 2. The SMILES string of the molecule is CCN(CC)C(=O)O[C@@H](C)/C=C\C(=O)NC1COC(C/C=C(C)/C=C/[C@@H]2CC3(CC3)CC(C)(C)O2)OC1. The number of rotatable bonds is 10. The second-order valence-corrected chi connectivity index (χ2v) is 11.3. The van der Waals surface area contributed by atoms with E-state index in [1.807, 2.05) is 13.8 Å². The molecule has 2 aliphatic heterocycles. The molecule has 8 heteroatoms. The fourth-order valence-electron chi connectivity index (χ4n) is 5.16. The molecule has 3 fully saturated rings. The molecule has 2 saturated heterocycles. The van der Waals surface area contributed by atoms with Gasteiger partial charge >= 0.3 is 6.09 Å². The third-order valence-electron chi connectivity index (χ3n) is 7.21. The van der Waals surface area contributed by atoms with Gasteiger partial charge in [0, 0.05) is 25.6 Å². The summed E-state index contributed by atoms with van der Waals surface area (Å²) in [7, 11) is 0. The minimum absolute atomic E-state index is 0.0524. The molecule has 37 heavy (non-hydrogen) atoms. The van der Waals surface area contributed by atoms with Gasteiger partial charge in [-0.15, -0.1) is 0 Å². The van der Waals surface area contributed by atoms with E-state index in [0.717, 1.165) is 12.0 Å². The highest BCUT2D eigenvalue weighted by Crippen LogP contribution is 2.58. The lowest BCUT2D eigenvalue weighted by atomic mass is 9.82. The van der Waals surface area contributed by atoms with Crippen molar-refractivity contribution in [1.29, 1.82) is 0 Å². The molecular formula is C29H46N2O6. The minimum Gasteiger partial charge on any atom is -0.442 e. The fourth-order valence-corrected chi connectivity index (χ4v) is 5.16. The van der Waals surface area contributed by atoms with Crippen molar-refractivity contribution in [1.82, 2.24) is 10.2 Å². The molecule has 0 aromatic rings. The smallest absolute Gasteiger partial charge is 0.410 e. The van der Waals surface area contributed by atoms with Crippen LogP contribution >= 0.6 is 0 Å². The van der Waals surface area contributed by atoms with Gasteiger partial charge in [-0.3, -0.25) is 4.79 Å². The summed E-state index contributed by atoms with van der Waals surface area (Å²) in [5.74, 6) is -0.275. The van der Waals surface area contributed by atoms with Gasteiger partial charge in [0.25, 0.3) is 0 Å². The predicted molar refractivity (Wildman–Crippen MR) is 143 cm³/mol. The van der Waals surface area contributed by atoms with Gasteiger partial charge in [-0.2, -0.15) is 0 Å². The first-order valence-electron chi connectivity index (χ1n) is 13.7. The lowest BCUT2D eigenvalue weighted by molar-refractivity contribution is -0.187. The lowest BCUT2D eigenvalue weighted by Gasteiger charge is -2.40. The minimum atomic E-state index is -0.503. The number of carbonyl (C=O) groups is 2. The molecule has 3 aliphatic rings. The summed E-state index contributed by atoms with van der Waals surface area (Å²) in [6.45, 7) is 13.9. The second-order valence-electron chi connectivity index (χ2n) is 11.3. The maximum atomic E-state index is 12.2. The number of hydrogen-bond donors (Lipinski definition) is 1. The van der Waals surface area contributed by atoms with E-state index in [0.29, 0.717) is 38.1 Å². The lowest BCUT2D eigenvalue weighted by Crippen LogP contribution is -2.46. The zero-order valence-electron chi connectivity index (χ0n) is 23.5. The quantitative estimate of drug-likeness (QED) is 0.327. The van der Waals surface area contributed by atoms with E-state index in [-0.39, 0.29) is 36.0 Å². The molecular weight excluding hydrogens is 472 g/mol. The van der Waals surface area contributed by atoms with Gasteiger partial charge in [-0.05, 0) is 78.7 Å². The van der Waals surface area contributed by atoms with E-state index in [9.17, 15) is 9.59 Å².